The lowest BCUT2D eigenvalue weighted by atomic mass is 9.86. The summed E-state index contributed by atoms with van der Waals surface area (Å²) in [5, 5.41) is 4.12. The molecular formula is C32H29N5O5. The fourth-order valence-electron chi connectivity index (χ4n) is 5.15. The van der Waals surface area contributed by atoms with Gasteiger partial charge in [-0.25, -0.2) is 14.3 Å². The minimum atomic E-state index is -0.774. The van der Waals surface area contributed by atoms with Crippen molar-refractivity contribution in [3.05, 3.63) is 94.7 Å². The molecule has 212 valence electrons. The number of benzene rings is 1. The number of aryl methyl sites for hydroxylation is 2. The summed E-state index contributed by atoms with van der Waals surface area (Å²) in [5.74, 6) is 0.0937. The smallest absolute Gasteiger partial charge is 0.420 e. The highest BCUT2D eigenvalue weighted by atomic mass is 16.6. The number of nitrogens with zero attached hydrogens (tertiary/aromatic N) is 5. The van der Waals surface area contributed by atoms with Crippen LogP contribution in [0.4, 0.5) is 4.79 Å². The molecule has 5 aromatic rings. The van der Waals surface area contributed by atoms with Gasteiger partial charge in [0.2, 0.25) is 0 Å². The third kappa shape index (κ3) is 4.78. The Morgan fingerprint density at radius 1 is 0.952 bits per heavy atom. The molecule has 10 nitrogen and oxygen atoms in total. The average molecular weight is 564 g/mol. The Morgan fingerprint density at radius 2 is 1.57 bits per heavy atom. The fraction of sp³-hybridized carbons (Fsp3) is 0.281. The van der Waals surface area contributed by atoms with E-state index in [1.807, 2.05) is 0 Å². The van der Waals surface area contributed by atoms with E-state index in [1.165, 1.54) is 17.0 Å². The second-order valence-electron chi connectivity index (χ2n) is 11.4. The zero-order chi connectivity index (χ0) is 29.8. The standard InChI is InChI=1S/C32H29N5O5/c1-17-24(18(2)42-36-17)22-14-23-27(35-30(19-10-11-19)37(23)31(40)41-32(3,4)5)26(29(39)21-9-7-13-34-16-21)25(22)28(38)20-8-6-12-33-15-20/h6-9,12-16,19H,10-11H2,1-5H3. The number of fused-ring (bicyclic) bond motifs is 1. The highest BCUT2D eigenvalue weighted by Gasteiger charge is 2.37. The van der Waals surface area contributed by atoms with Crippen LogP contribution in [0.3, 0.4) is 0 Å². The summed E-state index contributed by atoms with van der Waals surface area (Å²) in [6.07, 6.45) is 7.12. The topological polar surface area (TPSA) is 130 Å². The zero-order valence-corrected chi connectivity index (χ0v) is 24.0. The Labute approximate surface area is 241 Å². The first-order chi connectivity index (χ1) is 20.0. The third-order valence-corrected chi connectivity index (χ3v) is 7.10. The number of carbonyl (C=O) groups excluding carboxylic acids is 3. The molecule has 0 spiro atoms. The van der Waals surface area contributed by atoms with E-state index in [1.54, 1.807) is 77.3 Å². The molecule has 4 aromatic heterocycles. The van der Waals surface area contributed by atoms with Gasteiger partial charge < -0.3 is 9.26 Å². The molecule has 1 saturated carbocycles. The molecule has 0 amide bonds. The van der Waals surface area contributed by atoms with Crippen molar-refractivity contribution < 1.29 is 23.6 Å². The quantitative estimate of drug-likeness (QED) is 0.221. The normalized spacial score (nSPS) is 13.4. The van der Waals surface area contributed by atoms with Crippen LogP contribution in [0.5, 0.6) is 0 Å². The number of hydrogen-bond acceptors (Lipinski definition) is 9. The van der Waals surface area contributed by atoms with Crippen molar-refractivity contribution in [3.8, 4) is 11.1 Å². The number of pyridine rings is 2. The first kappa shape index (κ1) is 27.2. The van der Waals surface area contributed by atoms with Crippen molar-refractivity contribution in [1.82, 2.24) is 24.7 Å². The van der Waals surface area contributed by atoms with Gasteiger partial charge in [-0.2, -0.15) is 0 Å². The lowest BCUT2D eigenvalue weighted by Gasteiger charge is -2.21. The Bertz CT molecular complexity index is 1840. The van der Waals surface area contributed by atoms with Crippen LogP contribution < -0.4 is 0 Å². The first-order valence-corrected chi connectivity index (χ1v) is 13.7. The first-order valence-electron chi connectivity index (χ1n) is 13.7. The fourth-order valence-corrected chi connectivity index (χ4v) is 5.15. The van der Waals surface area contributed by atoms with Gasteiger partial charge in [0.25, 0.3) is 0 Å². The number of carbonyl (C=O) groups is 3. The Kier molecular flexibility index (Phi) is 6.56. The number of hydrogen-bond donors (Lipinski definition) is 0. The van der Waals surface area contributed by atoms with Gasteiger partial charge >= 0.3 is 6.09 Å². The number of ketones is 2. The maximum absolute atomic E-state index is 14.4. The molecule has 1 aliphatic rings. The Morgan fingerprint density at radius 3 is 2.07 bits per heavy atom. The summed E-state index contributed by atoms with van der Waals surface area (Å²) >= 11 is 0. The number of imidazole rings is 1. The van der Waals surface area contributed by atoms with Gasteiger partial charge in [0.15, 0.2) is 11.6 Å². The van der Waals surface area contributed by atoms with Crippen molar-refractivity contribution in [1.29, 1.82) is 0 Å². The summed E-state index contributed by atoms with van der Waals surface area (Å²) in [7, 11) is 0. The molecule has 0 unspecified atom stereocenters. The van der Waals surface area contributed by atoms with Crippen molar-refractivity contribution in [2.75, 3.05) is 0 Å². The van der Waals surface area contributed by atoms with Gasteiger partial charge in [0.1, 0.15) is 22.7 Å². The predicted molar refractivity (Wildman–Crippen MR) is 154 cm³/mol. The molecule has 0 radical (unpaired) electrons. The lowest BCUT2D eigenvalue weighted by Crippen LogP contribution is -2.28. The van der Waals surface area contributed by atoms with E-state index >= 15 is 0 Å². The average Bonchev–Trinajstić information content (AvgIpc) is 3.66. The van der Waals surface area contributed by atoms with Crippen molar-refractivity contribution in [2.24, 2.45) is 0 Å². The van der Waals surface area contributed by atoms with Gasteiger partial charge in [-0.3, -0.25) is 19.6 Å². The third-order valence-electron chi connectivity index (χ3n) is 7.10. The van der Waals surface area contributed by atoms with Crippen molar-refractivity contribution >= 4 is 28.7 Å². The van der Waals surface area contributed by atoms with Crippen LogP contribution in [0.2, 0.25) is 0 Å². The highest BCUT2D eigenvalue weighted by molar-refractivity contribution is 6.27. The van der Waals surface area contributed by atoms with Gasteiger partial charge in [-0.1, -0.05) is 5.16 Å². The SMILES string of the molecule is Cc1noc(C)c1-c1cc2c(nc(C3CC3)n2C(=O)OC(C)(C)C)c(C(=O)c2cccnc2)c1C(=O)c1cccnc1. The van der Waals surface area contributed by atoms with Crippen LogP contribution in [0.25, 0.3) is 22.2 Å². The highest BCUT2D eigenvalue weighted by Crippen LogP contribution is 2.44. The predicted octanol–water partition coefficient (Wildman–Crippen LogP) is 6.22. The molecule has 42 heavy (non-hydrogen) atoms. The largest absolute Gasteiger partial charge is 0.443 e. The summed E-state index contributed by atoms with van der Waals surface area (Å²) in [6, 6.07) is 8.30. The second-order valence-corrected chi connectivity index (χ2v) is 11.4. The van der Waals surface area contributed by atoms with Gasteiger partial charge in [-0.05, 0) is 77.8 Å². The van der Waals surface area contributed by atoms with Crippen molar-refractivity contribution in [2.45, 2.75) is 59.0 Å². The number of aromatic nitrogens is 5. The van der Waals surface area contributed by atoms with Gasteiger partial charge in [-0.15, -0.1) is 0 Å². The van der Waals surface area contributed by atoms with E-state index in [0.717, 1.165) is 12.8 Å². The molecule has 1 fully saturated rings. The molecule has 1 aliphatic carbocycles. The summed E-state index contributed by atoms with van der Waals surface area (Å²) in [6.45, 7) is 8.87. The maximum Gasteiger partial charge on any atom is 0.420 e. The summed E-state index contributed by atoms with van der Waals surface area (Å²) < 4.78 is 12.7. The van der Waals surface area contributed by atoms with Crippen LogP contribution >= 0.6 is 0 Å². The van der Waals surface area contributed by atoms with E-state index in [9.17, 15) is 14.4 Å². The molecule has 0 saturated heterocycles. The molecule has 0 N–H and O–H groups in total. The zero-order valence-electron chi connectivity index (χ0n) is 24.0. The number of ether oxygens (including phenoxy) is 1. The molecule has 6 rings (SSSR count). The molecular weight excluding hydrogens is 534 g/mol. The molecule has 4 heterocycles. The molecule has 0 aliphatic heterocycles. The van der Waals surface area contributed by atoms with Gasteiger partial charge in [0, 0.05) is 58.5 Å². The number of rotatable bonds is 6. The van der Waals surface area contributed by atoms with E-state index in [2.05, 4.69) is 15.1 Å². The van der Waals surface area contributed by atoms with E-state index in [0.29, 0.717) is 39.5 Å². The van der Waals surface area contributed by atoms with E-state index < -0.39 is 23.3 Å². The van der Waals surface area contributed by atoms with Gasteiger partial charge in [0.05, 0.1) is 16.8 Å². The molecule has 0 bridgehead atoms. The monoisotopic (exact) mass is 563 g/mol. The summed E-state index contributed by atoms with van der Waals surface area (Å²) in [4.78, 5) is 55.6. The Balaban J connectivity index is 1.77. The van der Waals surface area contributed by atoms with Crippen LogP contribution in [0.1, 0.15) is 88.7 Å². The Hall–Kier alpha value is -4.99. The van der Waals surface area contributed by atoms with E-state index in [4.69, 9.17) is 14.2 Å². The van der Waals surface area contributed by atoms with Crippen LogP contribution in [0, 0.1) is 13.8 Å². The van der Waals surface area contributed by atoms with Crippen LogP contribution in [-0.2, 0) is 4.74 Å². The lowest BCUT2D eigenvalue weighted by molar-refractivity contribution is 0.0538. The second kappa shape index (κ2) is 10.1. The van der Waals surface area contributed by atoms with Crippen LogP contribution in [-0.4, -0.2) is 47.9 Å². The van der Waals surface area contributed by atoms with E-state index in [-0.39, 0.29) is 28.1 Å². The molecule has 1 aromatic carbocycles. The van der Waals surface area contributed by atoms with Crippen molar-refractivity contribution in [3.63, 3.8) is 0 Å². The maximum atomic E-state index is 14.4. The minimum absolute atomic E-state index is 0.0197. The molecule has 0 atom stereocenters. The minimum Gasteiger partial charge on any atom is -0.443 e. The summed E-state index contributed by atoms with van der Waals surface area (Å²) in [5.41, 5.74) is 2.04. The van der Waals surface area contributed by atoms with Crippen LogP contribution in [0.15, 0.2) is 59.6 Å². The molecule has 10 heteroatoms.